The number of carbonyl (C=O) groups is 1. The van der Waals surface area contributed by atoms with Crippen LogP contribution in [0.5, 0.6) is 11.5 Å². The van der Waals surface area contributed by atoms with Crippen LogP contribution in [-0.4, -0.2) is 32.1 Å². The molecule has 1 fully saturated rings. The normalized spacial score (nSPS) is 17.6. The second-order valence-corrected chi connectivity index (χ2v) is 3.86. The SMILES string of the molecule is Nc1cc2c(cc1C(=O)OC1COC1)OCO2. The lowest BCUT2D eigenvalue weighted by molar-refractivity contribution is -0.103. The van der Waals surface area contributed by atoms with Crippen LogP contribution in [0.15, 0.2) is 12.1 Å². The van der Waals surface area contributed by atoms with Gasteiger partial charge in [0, 0.05) is 12.1 Å². The Labute approximate surface area is 97.2 Å². The molecule has 0 spiro atoms. The van der Waals surface area contributed by atoms with Crippen LogP contribution in [0.3, 0.4) is 0 Å². The number of anilines is 1. The van der Waals surface area contributed by atoms with Gasteiger partial charge in [0.25, 0.3) is 0 Å². The molecule has 0 radical (unpaired) electrons. The van der Waals surface area contributed by atoms with Gasteiger partial charge in [-0.25, -0.2) is 4.79 Å². The van der Waals surface area contributed by atoms with Crippen LogP contribution in [0.1, 0.15) is 10.4 Å². The maximum absolute atomic E-state index is 11.8. The summed E-state index contributed by atoms with van der Waals surface area (Å²) in [6.45, 7) is 1.02. The van der Waals surface area contributed by atoms with E-state index in [1.165, 1.54) is 0 Å². The zero-order valence-corrected chi connectivity index (χ0v) is 8.97. The predicted molar refractivity (Wildman–Crippen MR) is 57.0 cm³/mol. The molecule has 2 N–H and O–H groups in total. The monoisotopic (exact) mass is 237 g/mol. The molecule has 0 aromatic heterocycles. The fourth-order valence-electron chi connectivity index (χ4n) is 1.63. The summed E-state index contributed by atoms with van der Waals surface area (Å²) in [6.07, 6.45) is -0.174. The molecular formula is C11H11NO5. The highest BCUT2D eigenvalue weighted by Gasteiger charge is 2.26. The summed E-state index contributed by atoms with van der Waals surface area (Å²) in [5.74, 6) is 0.594. The van der Waals surface area contributed by atoms with Gasteiger partial charge in [-0.3, -0.25) is 0 Å². The molecule has 90 valence electrons. The fraction of sp³-hybridized carbons (Fsp3) is 0.364. The zero-order chi connectivity index (χ0) is 11.8. The molecule has 0 bridgehead atoms. The summed E-state index contributed by atoms with van der Waals surface area (Å²) in [7, 11) is 0. The molecule has 0 aliphatic carbocycles. The van der Waals surface area contributed by atoms with Crippen molar-refractivity contribution in [2.75, 3.05) is 25.7 Å². The predicted octanol–water partition coefficient (Wildman–Crippen LogP) is 0.553. The number of fused-ring (bicyclic) bond motifs is 1. The van der Waals surface area contributed by atoms with Gasteiger partial charge < -0.3 is 24.7 Å². The molecule has 0 amide bonds. The van der Waals surface area contributed by atoms with Crippen LogP contribution < -0.4 is 15.2 Å². The first kappa shape index (κ1) is 10.2. The molecule has 2 aliphatic heterocycles. The Morgan fingerprint density at radius 2 is 2.00 bits per heavy atom. The van der Waals surface area contributed by atoms with Crippen molar-refractivity contribution >= 4 is 11.7 Å². The largest absolute Gasteiger partial charge is 0.454 e. The van der Waals surface area contributed by atoms with Crippen molar-refractivity contribution in [3.05, 3.63) is 17.7 Å². The smallest absolute Gasteiger partial charge is 0.340 e. The molecule has 2 aliphatic rings. The van der Waals surface area contributed by atoms with Crippen molar-refractivity contribution in [2.45, 2.75) is 6.10 Å². The number of rotatable bonds is 2. The minimum atomic E-state index is -0.464. The van der Waals surface area contributed by atoms with Gasteiger partial charge in [0.15, 0.2) is 11.5 Å². The van der Waals surface area contributed by atoms with E-state index in [4.69, 9.17) is 24.7 Å². The summed E-state index contributed by atoms with van der Waals surface area (Å²) in [4.78, 5) is 11.8. The van der Waals surface area contributed by atoms with Crippen molar-refractivity contribution in [2.24, 2.45) is 0 Å². The second kappa shape index (κ2) is 3.81. The highest BCUT2D eigenvalue weighted by Crippen LogP contribution is 2.36. The average molecular weight is 237 g/mol. The third-order valence-corrected chi connectivity index (χ3v) is 2.65. The third kappa shape index (κ3) is 1.76. The average Bonchev–Trinajstić information content (AvgIpc) is 2.68. The fourth-order valence-corrected chi connectivity index (χ4v) is 1.63. The van der Waals surface area contributed by atoms with E-state index in [1.807, 2.05) is 0 Å². The van der Waals surface area contributed by atoms with Crippen molar-refractivity contribution in [3.8, 4) is 11.5 Å². The molecule has 2 heterocycles. The molecule has 0 unspecified atom stereocenters. The Kier molecular flexibility index (Phi) is 2.29. The van der Waals surface area contributed by atoms with Gasteiger partial charge in [0.2, 0.25) is 6.79 Å². The molecule has 17 heavy (non-hydrogen) atoms. The van der Waals surface area contributed by atoms with E-state index >= 15 is 0 Å². The Hall–Kier alpha value is -1.95. The first-order chi connectivity index (χ1) is 8.24. The molecule has 6 nitrogen and oxygen atoms in total. The minimum Gasteiger partial charge on any atom is -0.454 e. The van der Waals surface area contributed by atoms with E-state index in [0.29, 0.717) is 36.0 Å². The highest BCUT2D eigenvalue weighted by atomic mass is 16.7. The summed E-state index contributed by atoms with van der Waals surface area (Å²) in [6, 6.07) is 3.11. The summed E-state index contributed by atoms with van der Waals surface area (Å²) in [5, 5.41) is 0. The lowest BCUT2D eigenvalue weighted by Gasteiger charge is -2.25. The zero-order valence-electron chi connectivity index (χ0n) is 8.97. The molecular weight excluding hydrogens is 226 g/mol. The van der Waals surface area contributed by atoms with Crippen molar-refractivity contribution in [3.63, 3.8) is 0 Å². The molecule has 1 saturated heterocycles. The molecule has 1 aromatic rings. The number of carbonyl (C=O) groups excluding carboxylic acids is 1. The van der Waals surface area contributed by atoms with Crippen molar-refractivity contribution < 1.29 is 23.7 Å². The summed E-state index contributed by atoms with van der Waals surface area (Å²) in [5.41, 5.74) is 6.37. The maximum atomic E-state index is 11.8. The van der Waals surface area contributed by atoms with Gasteiger partial charge in [-0.2, -0.15) is 0 Å². The van der Waals surface area contributed by atoms with Crippen molar-refractivity contribution in [1.82, 2.24) is 0 Å². The van der Waals surface area contributed by atoms with Gasteiger partial charge in [-0.05, 0) is 0 Å². The van der Waals surface area contributed by atoms with Crippen LogP contribution in [0.4, 0.5) is 5.69 Å². The Balaban J connectivity index is 1.83. The van der Waals surface area contributed by atoms with Crippen LogP contribution >= 0.6 is 0 Å². The molecule has 0 saturated carbocycles. The maximum Gasteiger partial charge on any atom is 0.340 e. The van der Waals surface area contributed by atoms with Gasteiger partial charge in [0.1, 0.15) is 6.10 Å². The lowest BCUT2D eigenvalue weighted by atomic mass is 10.1. The number of hydrogen-bond donors (Lipinski definition) is 1. The quantitative estimate of drug-likeness (QED) is 0.597. The van der Waals surface area contributed by atoms with E-state index in [-0.39, 0.29) is 12.9 Å². The van der Waals surface area contributed by atoms with E-state index in [9.17, 15) is 4.79 Å². The minimum absolute atomic E-state index is 0.143. The number of nitrogens with two attached hydrogens (primary N) is 1. The summed E-state index contributed by atoms with van der Waals surface area (Å²) < 4.78 is 20.4. The molecule has 3 rings (SSSR count). The number of hydrogen-bond acceptors (Lipinski definition) is 6. The van der Waals surface area contributed by atoms with Crippen LogP contribution in [-0.2, 0) is 9.47 Å². The molecule has 0 atom stereocenters. The van der Waals surface area contributed by atoms with Crippen LogP contribution in [0.25, 0.3) is 0 Å². The third-order valence-electron chi connectivity index (χ3n) is 2.65. The lowest BCUT2D eigenvalue weighted by Crippen LogP contribution is -2.37. The first-order valence-corrected chi connectivity index (χ1v) is 5.22. The van der Waals surface area contributed by atoms with Gasteiger partial charge in [-0.1, -0.05) is 0 Å². The van der Waals surface area contributed by atoms with Crippen LogP contribution in [0, 0.1) is 0 Å². The van der Waals surface area contributed by atoms with Gasteiger partial charge in [0.05, 0.1) is 24.5 Å². The number of esters is 1. The van der Waals surface area contributed by atoms with Crippen LogP contribution in [0.2, 0.25) is 0 Å². The van der Waals surface area contributed by atoms with E-state index in [1.54, 1.807) is 12.1 Å². The highest BCUT2D eigenvalue weighted by molar-refractivity contribution is 5.96. The Morgan fingerprint density at radius 1 is 1.29 bits per heavy atom. The number of nitrogen functional groups attached to an aromatic ring is 1. The van der Waals surface area contributed by atoms with Gasteiger partial charge >= 0.3 is 5.97 Å². The van der Waals surface area contributed by atoms with E-state index < -0.39 is 5.97 Å². The Bertz CT molecular complexity index is 469. The van der Waals surface area contributed by atoms with Gasteiger partial charge in [-0.15, -0.1) is 0 Å². The summed E-state index contributed by atoms with van der Waals surface area (Å²) >= 11 is 0. The second-order valence-electron chi connectivity index (χ2n) is 3.86. The van der Waals surface area contributed by atoms with Crippen molar-refractivity contribution in [1.29, 1.82) is 0 Å². The first-order valence-electron chi connectivity index (χ1n) is 5.22. The van der Waals surface area contributed by atoms with E-state index in [0.717, 1.165) is 0 Å². The molecule has 6 heteroatoms. The van der Waals surface area contributed by atoms with E-state index in [2.05, 4.69) is 0 Å². The standard InChI is InChI=1S/C11H11NO5/c12-8-2-10-9(15-5-16-10)1-7(8)11(13)17-6-3-14-4-6/h1-2,6H,3-5,12H2. The Morgan fingerprint density at radius 3 is 2.65 bits per heavy atom. The number of ether oxygens (including phenoxy) is 4. The molecule has 1 aromatic carbocycles. The topological polar surface area (TPSA) is 80.0 Å². The number of benzene rings is 1.